The number of tetrazole rings is 2. The standard InChI is InChI=1S/C38H38F5N11O2.C37H37F4N11O3.CH4.H2O/c1-4-33(24(2)3)54-36(55)53(23-47-54)35-32(41)18-29(20-45-35)51-15-13-50(14-16-51)28-9-5-25(6-10-28)26-7-12-34(44-19-26)38(42,43)37(56,21-52-22-46-48-49-52)30-11-8-27(39)17-31(30)40;1-3-32(24(2)53)52-35(54)51(23-45-52)34-13-10-29(20-43-34)49-16-14-48(15-17-49)28-8-4-25(5-9-28)26-6-12-33(42-19-26)37(40,41)36(55,21-50-22-44-46-47-50)30-11-7-27(38)18-31(30)39;;/h5-12,17-20,22-24,33,56H,4,13-16,21H2,1-3H3;4-13,18-20,22-24,32,53,55H,3,14-17,21H2,1-2H3;1H4;1H2/t33-,37-;24-,32-,36-;;/m00../s1. The average molecular weight is 1570 g/mol. The molecular weight excluding hydrogens is 1490 g/mol. The number of aliphatic hydroxyl groups is 3. The van der Waals surface area contributed by atoms with Crippen molar-refractivity contribution in [3.05, 3.63) is 250 Å². The molecule has 0 amide bonds. The van der Waals surface area contributed by atoms with Gasteiger partial charge in [0.15, 0.2) is 22.8 Å². The number of nitrogens with zero attached hydrogens (tertiary/aromatic N) is 22. The van der Waals surface area contributed by atoms with Gasteiger partial charge in [-0.25, -0.2) is 69.4 Å². The number of aromatic nitrogens is 18. The van der Waals surface area contributed by atoms with Crippen LogP contribution in [0.25, 0.3) is 33.9 Å². The van der Waals surface area contributed by atoms with Gasteiger partial charge < -0.3 is 40.4 Å². The molecule has 2 aliphatic heterocycles. The number of hydrogen-bond donors (Lipinski definition) is 3. The SMILES string of the molecule is C.CC[C@@H](C(C)C)n1ncn(-c2ncc(N3CCN(c4ccc(-c5ccc(C(F)(F)[C@](O)(Cn6cnnn6)c6ccc(F)cc6F)nc5)cc4)CC3)cc2F)c1=O.CC[C@@H]([C@H](C)O)n1ncn(-c2ccc(N3CCN(c4ccc(-c5ccc(C(F)(F)[C@](O)(Cn6cnnn6)c6ccc(F)cc6F)nc5)cc4)CC3)cn2)c1=O.O. The van der Waals surface area contributed by atoms with E-state index in [9.17, 15) is 42.5 Å². The average Bonchev–Trinajstić information content (AvgIpc) is 0.845. The van der Waals surface area contributed by atoms with E-state index in [0.29, 0.717) is 98.0 Å². The minimum Gasteiger partial charge on any atom is -0.412 e. The highest BCUT2D eigenvalue weighted by Crippen LogP contribution is 2.49. The minimum absolute atomic E-state index is 0. The third kappa shape index (κ3) is 16.5. The van der Waals surface area contributed by atoms with E-state index in [1.807, 2.05) is 87.2 Å². The monoisotopic (exact) mass is 1570 g/mol. The topological polar surface area (TPSA) is 324 Å². The van der Waals surface area contributed by atoms with Crippen LogP contribution in [0.15, 0.2) is 187 Å². The summed E-state index contributed by atoms with van der Waals surface area (Å²) in [5, 5.41) is 62.0. The second-order valence-electron chi connectivity index (χ2n) is 27.3. The van der Waals surface area contributed by atoms with Gasteiger partial charge in [0, 0.05) is 117 Å². The van der Waals surface area contributed by atoms with Gasteiger partial charge in [-0.15, -0.1) is 10.2 Å². The van der Waals surface area contributed by atoms with E-state index < -0.39 is 106 Å². The zero-order chi connectivity index (χ0) is 78.7. The van der Waals surface area contributed by atoms with E-state index in [1.165, 1.54) is 57.2 Å². The molecule has 0 bridgehead atoms. The highest BCUT2D eigenvalue weighted by Gasteiger charge is 2.59. The van der Waals surface area contributed by atoms with E-state index in [-0.39, 0.29) is 36.4 Å². The Balaban J connectivity index is 0.000000219. The van der Waals surface area contributed by atoms with Crippen LogP contribution in [0.3, 0.4) is 0 Å². The lowest BCUT2D eigenvalue weighted by atomic mass is 9.84. The summed E-state index contributed by atoms with van der Waals surface area (Å²) in [5.74, 6) is -13.2. The fourth-order valence-electron chi connectivity index (χ4n) is 13.9. The Hall–Kier alpha value is -12.1. The maximum absolute atomic E-state index is 16.2. The Kier molecular flexibility index (Phi) is 24.5. The first-order valence-electron chi connectivity index (χ1n) is 35.5. The molecular formula is C76H81F9N22O6. The molecule has 0 spiro atoms. The second kappa shape index (κ2) is 33.9. The molecule has 594 valence electrons. The van der Waals surface area contributed by atoms with Gasteiger partial charge in [0.25, 0.3) is 0 Å². The molecule has 113 heavy (non-hydrogen) atoms. The quantitative estimate of drug-likeness (QED) is 0.0474. The summed E-state index contributed by atoms with van der Waals surface area (Å²) >= 11 is 0. The summed E-state index contributed by atoms with van der Waals surface area (Å²) in [4.78, 5) is 51.3. The van der Waals surface area contributed by atoms with Gasteiger partial charge >= 0.3 is 23.2 Å². The maximum Gasteiger partial charge on any atom is 0.351 e. The van der Waals surface area contributed by atoms with E-state index in [0.717, 1.165) is 93.1 Å². The number of hydrogen-bond acceptors (Lipinski definition) is 21. The lowest BCUT2D eigenvalue weighted by Crippen LogP contribution is -2.48. The molecule has 14 rings (SSSR count). The molecule has 12 aromatic rings. The van der Waals surface area contributed by atoms with Gasteiger partial charge in [-0.3, -0.25) is 9.97 Å². The molecule has 0 aliphatic carbocycles. The molecule has 8 aromatic heterocycles. The van der Waals surface area contributed by atoms with Crippen LogP contribution in [0, 0.1) is 35.0 Å². The van der Waals surface area contributed by atoms with E-state index in [4.69, 9.17) is 0 Å². The van der Waals surface area contributed by atoms with Crippen molar-refractivity contribution in [3.8, 4) is 33.9 Å². The maximum atomic E-state index is 16.2. The number of aliphatic hydroxyl groups excluding tert-OH is 1. The van der Waals surface area contributed by atoms with Crippen LogP contribution in [0.5, 0.6) is 0 Å². The first-order chi connectivity index (χ1) is 53.2. The molecule has 28 nitrogen and oxygen atoms in total. The van der Waals surface area contributed by atoms with Crippen molar-refractivity contribution in [1.82, 2.24) is 89.0 Å². The van der Waals surface area contributed by atoms with Crippen molar-refractivity contribution >= 4 is 22.7 Å². The van der Waals surface area contributed by atoms with Gasteiger partial charge in [-0.2, -0.15) is 27.8 Å². The van der Waals surface area contributed by atoms with Crippen molar-refractivity contribution in [2.24, 2.45) is 5.92 Å². The zero-order valence-corrected chi connectivity index (χ0v) is 60.9. The lowest BCUT2D eigenvalue weighted by Gasteiger charge is -2.37. The Morgan fingerprint density at radius 1 is 0.451 bits per heavy atom. The smallest absolute Gasteiger partial charge is 0.351 e. The molecule has 2 saturated heterocycles. The van der Waals surface area contributed by atoms with Gasteiger partial charge in [-0.05, 0) is 130 Å². The van der Waals surface area contributed by atoms with Crippen molar-refractivity contribution in [2.75, 3.05) is 72.0 Å². The van der Waals surface area contributed by atoms with Crippen LogP contribution in [-0.2, 0) is 36.1 Å². The number of halogens is 9. The molecule has 0 saturated carbocycles. The van der Waals surface area contributed by atoms with Crippen LogP contribution in [-0.4, -0.2) is 168 Å². The predicted octanol–water partition coefficient (Wildman–Crippen LogP) is 9.41. The Morgan fingerprint density at radius 3 is 1.24 bits per heavy atom. The van der Waals surface area contributed by atoms with Crippen LogP contribution in [0.4, 0.5) is 62.3 Å². The van der Waals surface area contributed by atoms with E-state index >= 15 is 22.0 Å². The number of rotatable bonds is 24. The third-order valence-electron chi connectivity index (χ3n) is 20.1. The highest BCUT2D eigenvalue weighted by atomic mass is 19.3. The molecule has 0 unspecified atom stereocenters. The number of anilines is 4. The van der Waals surface area contributed by atoms with Gasteiger partial charge in [-0.1, -0.05) is 71.5 Å². The van der Waals surface area contributed by atoms with Crippen molar-refractivity contribution in [2.45, 2.75) is 109 Å². The molecule has 5 N–H and O–H groups in total. The molecule has 2 fully saturated rings. The van der Waals surface area contributed by atoms with Gasteiger partial charge in [0.2, 0.25) is 0 Å². The Labute approximate surface area is 640 Å². The van der Waals surface area contributed by atoms with Crippen molar-refractivity contribution in [1.29, 1.82) is 0 Å². The van der Waals surface area contributed by atoms with E-state index in [1.54, 1.807) is 25.4 Å². The van der Waals surface area contributed by atoms with Gasteiger partial charge in [0.05, 0.1) is 55.0 Å². The third-order valence-corrected chi connectivity index (χ3v) is 20.1. The number of pyridine rings is 4. The fraction of sp³-hybridized carbons (Fsp3) is 0.342. The second-order valence-corrected chi connectivity index (χ2v) is 27.3. The number of piperazine rings is 2. The highest BCUT2D eigenvalue weighted by molar-refractivity contribution is 5.68. The largest absolute Gasteiger partial charge is 0.412 e. The van der Waals surface area contributed by atoms with Crippen LogP contribution in [0.2, 0.25) is 0 Å². The Bertz CT molecular complexity index is 5280. The zero-order valence-electron chi connectivity index (χ0n) is 60.9. The predicted molar refractivity (Wildman–Crippen MR) is 399 cm³/mol. The van der Waals surface area contributed by atoms with Crippen molar-refractivity contribution in [3.63, 3.8) is 0 Å². The molecule has 10 heterocycles. The van der Waals surface area contributed by atoms with E-state index in [2.05, 4.69) is 75.9 Å². The molecule has 0 radical (unpaired) electrons. The number of benzene rings is 4. The molecule has 37 heteroatoms. The van der Waals surface area contributed by atoms with Crippen LogP contribution >= 0.6 is 0 Å². The van der Waals surface area contributed by atoms with Crippen LogP contribution in [0.1, 0.15) is 89.5 Å². The summed E-state index contributed by atoms with van der Waals surface area (Å²) in [6.07, 6.45) is 11.0. The number of alkyl halides is 4. The fourth-order valence-corrected chi connectivity index (χ4v) is 13.9. The van der Waals surface area contributed by atoms with Crippen LogP contribution < -0.4 is 31.0 Å². The summed E-state index contributed by atoms with van der Waals surface area (Å²) < 4.78 is 144. The first-order valence-corrected chi connectivity index (χ1v) is 35.5. The molecule has 4 aromatic carbocycles. The summed E-state index contributed by atoms with van der Waals surface area (Å²) in [7, 11) is 0. The first kappa shape index (κ1) is 81.9. The van der Waals surface area contributed by atoms with Crippen molar-refractivity contribution < 1.29 is 60.3 Å². The molecule has 5 atom stereocenters. The Morgan fingerprint density at radius 2 is 0.858 bits per heavy atom. The minimum atomic E-state index is -4.18. The molecule has 2 aliphatic rings. The normalized spacial score (nSPS) is 15.3. The summed E-state index contributed by atoms with van der Waals surface area (Å²) in [6.45, 7) is 12.9. The van der Waals surface area contributed by atoms with Gasteiger partial charge in [0.1, 0.15) is 65.8 Å². The summed E-state index contributed by atoms with van der Waals surface area (Å²) in [6, 6.07) is 28.4. The lowest BCUT2D eigenvalue weighted by molar-refractivity contribution is -0.207. The summed E-state index contributed by atoms with van der Waals surface area (Å²) in [5.41, 5.74) is -4.84.